The lowest BCUT2D eigenvalue weighted by Crippen LogP contribution is -2.30. The van der Waals surface area contributed by atoms with Gasteiger partial charge in [0, 0.05) is 38.8 Å². The van der Waals surface area contributed by atoms with Crippen LogP contribution in [0.25, 0.3) is 0 Å². The molecule has 8 heteroatoms. The van der Waals surface area contributed by atoms with Crippen molar-refractivity contribution >= 4 is 15.9 Å². The van der Waals surface area contributed by atoms with Crippen molar-refractivity contribution in [3.05, 3.63) is 35.9 Å². The molecule has 7 nitrogen and oxygen atoms in total. The zero-order chi connectivity index (χ0) is 18.9. The third-order valence-corrected chi connectivity index (χ3v) is 5.36. The summed E-state index contributed by atoms with van der Waals surface area (Å²) in [5, 5.41) is 10.8. The summed E-state index contributed by atoms with van der Waals surface area (Å²) >= 11 is 0. The quantitative estimate of drug-likeness (QED) is 0.431. The number of amides is 1. The minimum atomic E-state index is -3.39. The van der Waals surface area contributed by atoms with Crippen LogP contribution in [0.3, 0.4) is 0 Å². The lowest BCUT2D eigenvalue weighted by atomic mass is 10.0. The van der Waals surface area contributed by atoms with Crippen LogP contribution < -0.4 is 10.0 Å². The summed E-state index contributed by atoms with van der Waals surface area (Å²) in [5.74, 6) is 2.39. The second-order valence-corrected chi connectivity index (χ2v) is 8.04. The Hall–Kier alpha value is -2.24. The number of benzene rings is 1. The molecule has 0 spiro atoms. The van der Waals surface area contributed by atoms with Gasteiger partial charge >= 0.3 is 0 Å². The highest BCUT2D eigenvalue weighted by atomic mass is 32.2. The van der Waals surface area contributed by atoms with Gasteiger partial charge in [-0.2, -0.15) is 10.2 Å². The largest absolute Gasteiger partial charge is 0.356 e. The number of terminal acetylenes is 1. The van der Waals surface area contributed by atoms with Crippen molar-refractivity contribution in [1.29, 1.82) is 0 Å². The lowest BCUT2D eigenvalue weighted by molar-refractivity contribution is -0.121. The van der Waals surface area contributed by atoms with Crippen LogP contribution in [0.15, 0.2) is 40.6 Å². The number of sulfonamides is 1. The number of hydrogen-bond donors (Lipinski definition) is 2. The van der Waals surface area contributed by atoms with Crippen LogP contribution in [0.5, 0.6) is 0 Å². The molecule has 0 aromatic heterocycles. The topological polar surface area (TPSA) is 100.0 Å². The standard InChI is InChI=1S/C18H24N4O3S/c1-2-3-11-18(21-22-18)12-14-19-17(23)10-7-13-20-26(24,25)15-16-8-5-4-6-9-16/h1,4-6,8-9,20H,3,7,10-15H2,(H,19,23). The molecule has 1 aliphatic heterocycles. The molecule has 1 amide bonds. The molecule has 0 bridgehead atoms. The number of nitrogens with zero attached hydrogens (tertiary/aromatic N) is 2. The Morgan fingerprint density at radius 2 is 1.88 bits per heavy atom. The Kier molecular flexibility index (Phi) is 7.30. The Morgan fingerprint density at radius 1 is 1.15 bits per heavy atom. The molecule has 2 rings (SSSR count). The molecule has 26 heavy (non-hydrogen) atoms. The summed E-state index contributed by atoms with van der Waals surface area (Å²) in [6.45, 7) is 0.718. The minimum Gasteiger partial charge on any atom is -0.356 e. The highest BCUT2D eigenvalue weighted by Gasteiger charge is 2.38. The predicted octanol–water partition coefficient (Wildman–Crippen LogP) is 1.97. The highest BCUT2D eigenvalue weighted by Crippen LogP contribution is 2.35. The van der Waals surface area contributed by atoms with E-state index >= 15 is 0 Å². The second kappa shape index (κ2) is 9.46. The van der Waals surface area contributed by atoms with Crippen molar-refractivity contribution in [2.24, 2.45) is 10.2 Å². The first kappa shape index (κ1) is 20.1. The van der Waals surface area contributed by atoms with Gasteiger partial charge in [-0.05, 0) is 12.0 Å². The van der Waals surface area contributed by atoms with Crippen LogP contribution in [0.2, 0.25) is 0 Å². The molecule has 1 heterocycles. The van der Waals surface area contributed by atoms with E-state index in [1.54, 1.807) is 24.3 Å². The first-order chi connectivity index (χ1) is 12.4. The van der Waals surface area contributed by atoms with E-state index in [2.05, 4.69) is 26.2 Å². The normalized spacial score (nSPS) is 14.6. The van der Waals surface area contributed by atoms with Gasteiger partial charge in [-0.1, -0.05) is 30.3 Å². The third kappa shape index (κ3) is 7.33. The summed E-state index contributed by atoms with van der Waals surface area (Å²) in [6, 6.07) is 8.97. The smallest absolute Gasteiger partial charge is 0.220 e. The molecule has 2 N–H and O–H groups in total. The molecule has 1 aromatic carbocycles. The van der Waals surface area contributed by atoms with E-state index in [0.717, 1.165) is 5.56 Å². The summed E-state index contributed by atoms with van der Waals surface area (Å²) in [5.41, 5.74) is 0.333. The average molecular weight is 376 g/mol. The van der Waals surface area contributed by atoms with Crippen molar-refractivity contribution in [2.75, 3.05) is 13.1 Å². The minimum absolute atomic E-state index is 0.0627. The lowest BCUT2D eigenvalue weighted by Gasteiger charge is -2.10. The van der Waals surface area contributed by atoms with Crippen LogP contribution in [0, 0.1) is 12.3 Å². The van der Waals surface area contributed by atoms with E-state index in [4.69, 9.17) is 6.42 Å². The van der Waals surface area contributed by atoms with Gasteiger partial charge in [-0.3, -0.25) is 4.79 Å². The summed E-state index contributed by atoms with van der Waals surface area (Å²) < 4.78 is 26.5. The van der Waals surface area contributed by atoms with Crippen molar-refractivity contribution in [1.82, 2.24) is 10.0 Å². The monoisotopic (exact) mass is 376 g/mol. The fourth-order valence-corrected chi connectivity index (χ4v) is 3.67. The molecule has 1 aliphatic rings. The molecule has 140 valence electrons. The van der Waals surface area contributed by atoms with Crippen LogP contribution in [-0.4, -0.2) is 33.1 Å². The van der Waals surface area contributed by atoms with Crippen molar-refractivity contribution in [3.8, 4) is 12.3 Å². The predicted molar refractivity (Wildman–Crippen MR) is 99.6 cm³/mol. The average Bonchev–Trinajstić information content (AvgIpc) is 3.38. The Labute approximate surface area is 154 Å². The summed E-state index contributed by atoms with van der Waals surface area (Å²) in [6.07, 6.45) is 7.90. The highest BCUT2D eigenvalue weighted by molar-refractivity contribution is 7.88. The van der Waals surface area contributed by atoms with Crippen LogP contribution in [0.1, 0.15) is 37.7 Å². The van der Waals surface area contributed by atoms with Crippen LogP contribution in [-0.2, 0) is 20.6 Å². The van der Waals surface area contributed by atoms with Crippen molar-refractivity contribution < 1.29 is 13.2 Å². The van der Waals surface area contributed by atoms with Crippen molar-refractivity contribution in [2.45, 2.75) is 43.5 Å². The zero-order valence-electron chi connectivity index (χ0n) is 14.6. The maximum Gasteiger partial charge on any atom is 0.220 e. The fourth-order valence-electron chi connectivity index (χ4n) is 2.48. The zero-order valence-corrected chi connectivity index (χ0v) is 15.5. The number of carbonyl (C=O) groups excluding carboxylic acids is 1. The molecular weight excluding hydrogens is 352 g/mol. The fraction of sp³-hybridized carbons (Fsp3) is 0.500. The number of hydrogen-bond acceptors (Lipinski definition) is 5. The van der Waals surface area contributed by atoms with Gasteiger partial charge in [0.25, 0.3) is 0 Å². The van der Waals surface area contributed by atoms with E-state index in [-0.39, 0.29) is 24.6 Å². The van der Waals surface area contributed by atoms with Crippen molar-refractivity contribution in [3.63, 3.8) is 0 Å². The van der Waals surface area contributed by atoms with Crippen LogP contribution >= 0.6 is 0 Å². The van der Waals surface area contributed by atoms with Gasteiger partial charge in [0.1, 0.15) is 0 Å². The second-order valence-electron chi connectivity index (χ2n) is 6.23. The maximum atomic E-state index is 12.0. The van der Waals surface area contributed by atoms with E-state index in [9.17, 15) is 13.2 Å². The van der Waals surface area contributed by atoms with Gasteiger partial charge in [0.05, 0.1) is 5.75 Å². The molecular formula is C18H24N4O3S. The van der Waals surface area contributed by atoms with Gasteiger partial charge in [-0.15, -0.1) is 12.3 Å². The number of rotatable bonds is 12. The Bertz CT molecular complexity index is 763. The molecule has 0 saturated carbocycles. The van der Waals surface area contributed by atoms with E-state index in [1.165, 1.54) is 0 Å². The Balaban J connectivity index is 1.56. The molecule has 0 unspecified atom stereocenters. The molecule has 1 aromatic rings. The van der Waals surface area contributed by atoms with Gasteiger partial charge < -0.3 is 5.32 Å². The van der Waals surface area contributed by atoms with Gasteiger partial charge in [0.2, 0.25) is 15.9 Å². The molecule has 0 atom stereocenters. The third-order valence-electron chi connectivity index (χ3n) is 4.00. The summed E-state index contributed by atoms with van der Waals surface area (Å²) in [4.78, 5) is 11.8. The van der Waals surface area contributed by atoms with Gasteiger partial charge in [0.15, 0.2) is 5.66 Å². The number of carbonyl (C=O) groups is 1. The molecule has 0 fully saturated rings. The van der Waals surface area contributed by atoms with E-state index < -0.39 is 15.7 Å². The molecule has 0 aliphatic carbocycles. The summed E-state index contributed by atoms with van der Waals surface area (Å²) in [7, 11) is -3.39. The molecule has 0 saturated heterocycles. The first-order valence-electron chi connectivity index (χ1n) is 8.60. The van der Waals surface area contributed by atoms with Gasteiger partial charge in [-0.25, -0.2) is 13.1 Å². The molecule has 0 radical (unpaired) electrons. The Morgan fingerprint density at radius 3 is 2.54 bits per heavy atom. The first-order valence-corrected chi connectivity index (χ1v) is 10.3. The SMILES string of the molecule is C#CCCC1(CCNC(=O)CCCNS(=O)(=O)Cc2ccccc2)N=N1. The van der Waals surface area contributed by atoms with E-state index in [1.807, 2.05) is 6.07 Å². The number of nitrogens with one attached hydrogen (secondary N) is 2. The van der Waals surface area contributed by atoms with Crippen LogP contribution in [0.4, 0.5) is 0 Å². The van der Waals surface area contributed by atoms with E-state index in [0.29, 0.717) is 32.2 Å². The maximum absolute atomic E-state index is 12.0.